The monoisotopic (exact) mass is 257 g/mol. The molecule has 0 aromatic carbocycles. The van der Waals surface area contributed by atoms with Crippen LogP contribution in [0.15, 0.2) is 0 Å². The lowest BCUT2D eigenvalue weighted by Gasteiger charge is -2.16. The second-order valence-corrected chi connectivity index (χ2v) is 4.65. The summed E-state index contributed by atoms with van der Waals surface area (Å²) in [6.07, 6.45) is 7.64. The summed E-state index contributed by atoms with van der Waals surface area (Å²) < 4.78 is 5.28. The van der Waals surface area contributed by atoms with Gasteiger partial charge in [-0.25, -0.2) is 0 Å². The molecule has 0 fully saturated rings. The maximum absolute atomic E-state index is 11.1. The molecule has 0 heterocycles. The van der Waals surface area contributed by atoms with Crippen LogP contribution in [0.25, 0.3) is 0 Å². The molecule has 0 saturated heterocycles. The quantitative estimate of drug-likeness (QED) is 0.483. The van der Waals surface area contributed by atoms with Gasteiger partial charge in [-0.1, -0.05) is 26.2 Å². The van der Waals surface area contributed by atoms with Crippen LogP contribution in [0.4, 0.5) is 0 Å². The van der Waals surface area contributed by atoms with Gasteiger partial charge in [0.25, 0.3) is 0 Å². The number of carbonyl (C=O) groups is 2. The summed E-state index contributed by atoms with van der Waals surface area (Å²) in [6.45, 7) is 3.62. The van der Waals surface area contributed by atoms with E-state index in [-0.39, 0.29) is 18.0 Å². The normalized spacial score (nSPS) is 11.9. The van der Waals surface area contributed by atoms with Crippen molar-refractivity contribution in [2.24, 2.45) is 0 Å². The van der Waals surface area contributed by atoms with Crippen LogP contribution in [0.3, 0.4) is 0 Å². The highest BCUT2D eigenvalue weighted by Crippen LogP contribution is 2.14. The highest BCUT2D eigenvalue weighted by molar-refractivity contribution is 5.75. The lowest BCUT2D eigenvalue weighted by atomic mass is 10.0. The summed E-state index contributed by atoms with van der Waals surface area (Å²) in [4.78, 5) is 22.1. The van der Waals surface area contributed by atoms with Crippen molar-refractivity contribution in [3.05, 3.63) is 0 Å². The molecule has 0 aliphatic heterocycles. The molecule has 0 aromatic rings. The SMILES string of the molecule is CCCCCCC(CCCC(=O)NC)OC(C)=O. The number of rotatable bonds is 10. The predicted molar refractivity (Wildman–Crippen MR) is 72.2 cm³/mol. The smallest absolute Gasteiger partial charge is 0.302 e. The zero-order chi connectivity index (χ0) is 13.8. The van der Waals surface area contributed by atoms with Gasteiger partial charge in [-0.05, 0) is 25.7 Å². The maximum atomic E-state index is 11.1. The van der Waals surface area contributed by atoms with Gasteiger partial charge in [-0.3, -0.25) is 9.59 Å². The van der Waals surface area contributed by atoms with Gasteiger partial charge < -0.3 is 10.1 Å². The minimum absolute atomic E-state index is 0.0241. The highest BCUT2D eigenvalue weighted by atomic mass is 16.5. The second kappa shape index (κ2) is 11.1. The lowest BCUT2D eigenvalue weighted by molar-refractivity contribution is -0.147. The zero-order valence-corrected chi connectivity index (χ0v) is 12.0. The Morgan fingerprint density at radius 2 is 1.78 bits per heavy atom. The van der Waals surface area contributed by atoms with Crippen LogP contribution in [0.5, 0.6) is 0 Å². The third-order valence-corrected chi connectivity index (χ3v) is 2.92. The Balaban J connectivity index is 3.83. The summed E-state index contributed by atoms with van der Waals surface area (Å²) >= 11 is 0. The Bertz CT molecular complexity index is 241. The molecule has 106 valence electrons. The summed E-state index contributed by atoms with van der Waals surface area (Å²) in [5.74, 6) is -0.182. The molecule has 0 aromatic heterocycles. The Morgan fingerprint density at radius 1 is 1.11 bits per heavy atom. The molecule has 18 heavy (non-hydrogen) atoms. The number of carbonyl (C=O) groups excluding carboxylic acids is 2. The second-order valence-electron chi connectivity index (χ2n) is 4.65. The molecule has 0 radical (unpaired) electrons. The fourth-order valence-corrected chi connectivity index (χ4v) is 1.91. The largest absolute Gasteiger partial charge is 0.463 e. The van der Waals surface area contributed by atoms with Gasteiger partial charge in [-0.2, -0.15) is 0 Å². The lowest BCUT2D eigenvalue weighted by Crippen LogP contribution is -2.20. The molecule has 0 bridgehead atoms. The van der Waals surface area contributed by atoms with Crippen molar-refractivity contribution in [2.45, 2.75) is 71.3 Å². The van der Waals surface area contributed by atoms with Gasteiger partial charge in [0, 0.05) is 20.4 Å². The summed E-state index contributed by atoms with van der Waals surface area (Å²) in [5.41, 5.74) is 0. The molecular weight excluding hydrogens is 230 g/mol. The molecule has 1 N–H and O–H groups in total. The standard InChI is InChI=1S/C14H27NO3/c1-4-5-6-7-9-13(18-12(2)16)10-8-11-14(17)15-3/h13H,4-11H2,1-3H3,(H,15,17). The van der Waals surface area contributed by atoms with Crippen molar-refractivity contribution in [1.82, 2.24) is 5.32 Å². The number of ether oxygens (including phenoxy) is 1. The molecule has 1 amide bonds. The van der Waals surface area contributed by atoms with Crippen molar-refractivity contribution in [2.75, 3.05) is 7.05 Å². The van der Waals surface area contributed by atoms with Crippen LogP contribution in [0, 0.1) is 0 Å². The van der Waals surface area contributed by atoms with Crippen LogP contribution < -0.4 is 5.32 Å². The average Bonchev–Trinajstić information content (AvgIpc) is 2.33. The van der Waals surface area contributed by atoms with Gasteiger partial charge in [0.1, 0.15) is 6.10 Å². The molecule has 1 atom stereocenters. The van der Waals surface area contributed by atoms with Crippen molar-refractivity contribution < 1.29 is 14.3 Å². The number of hydrogen-bond acceptors (Lipinski definition) is 3. The van der Waals surface area contributed by atoms with E-state index in [0.29, 0.717) is 6.42 Å². The van der Waals surface area contributed by atoms with E-state index < -0.39 is 0 Å². The van der Waals surface area contributed by atoms with E-state index in [1.54, 1.807) is 7.05 Å². The summed E-state index contributed by atoms with van der Waals surface area (Å²) in [5, 5.41) is 2.59. The van der Waals surface area contributed by atoms with E-state index in [9.17, 15) is 9.59 Å². The predicted octanol–water partition coefficient (Wildman–Crippen LogP) is 2.80. The first-order valence-electron chi connectivity index (χ1n) is 6.98. The van der Waals surface area contributed by atoms with E-state index in [2.05, 4.69) is 12.2 Å². The van der Waals surface area contributed by atoms with Gasteiger partial charge >= 0.3 is 5.97 Å². The molecule has 0 rings (SSSR count). The summed E-state index contributed by atoms with van der Waals surface area (Å²) in [6, 6.07) is 0. The maximum Gasteiger partial charge on any atom is 0.302 e. The Kier molecular flexibility index (Phi) is 10.4. The fraction of sp³-hybridized carbons (Fsp3) is 0.857. The molecule has 0 aliphatic rings. The van der Waals surface area contributed by atoms with Crippen molar-refractivity contribution in [3.8, 4) is 0 Å². The fourth-order valence-electron chi connectivity index (χ4n) is 1.91. The molecule has 0 aliphatic carbocycles. The molecule has 4 nitrogen and oxygen atoms in total. The Hall–Kier alpha value is -1.06. The first kappa shape index (κ1) is 16.9. The highest BCUT2D eigenvalue weighted by Gasteiger charge is 2.12. The molecule has 4 heteroatoms. The minimum Gasteiger partial charge on any atom is -0.463 e. The number of unbranched alkanes of at least 4 members (excludes halogenated alkanes) is 3. The van der Waals surface area contributed by atoms with E-state index in [4.69, 9.17) is 4.74 Å². The van der Waals surface area contributed by atoms with Gasteiger partial charge in [0.05, 0.1) is 0 Å². The van der Waals surface area contributed by atoms with Gasteiger partial charge in [-0.15, -0.1) is 0 Å². The van der Waals surface area contributed by atoms with Gasteiger partial charge in [0.15, 0.2) is 0 Å². The first-order valence-corrected chi connectivity index (χ1v) is 6.98. The Morgan fingerprint density at radius 3 is 2.33 bits per heavy atom. The topological polar surface area (TPSA) is 55.4 Å². The minimum atomic E-state index is -0.226. The number of nitrogens with one attached hydrogen (secondary N) is 1. The van der Waals surface area contributed by atoms with E-state index >= 15 is 0 Å². The molecular formula is C14H27NO3. The third-order valence-electron chi connectivity index (χ3n) is 2.92. The summed E-state index contributed by atoms with van der Waals surface area (Å²) in [7, 11) is 1.64. The van der Waals surface area contributed by atoms with E-state index in [1.165, 1.54) is 26.2 Å². The molecule has 0 saturated carbocycles. The van der Waals surface area contributed by atoms with Crippen molar-refractivity contribution in [3.63, 3.8) is 0 Å². The van der Waals surface area contributed by atoms with E-state index in [1.807, 2.05) is 0 Å². The van der Waals surface area contributed by atoms with Crippen LogP contribution in [-0.4, -0.2) is 25.0 Å². The van der Waals surface area contributed by atoms with Crippen LogP contribution in [0.2, 0.25) is 0 Å². The average molecular weight is 257 g/mol. The van der Waals surface area contributed by atoms with Crippen LogP contribution in [-0.2, 0) is 14.3 Å². The number of hydrogen-bond donors (Lipinski definition) is 1. The zero-order valence-electron chi connectivity index (χ0n) is 12.0. The van der Waals surface area contributed by atoms with E-state index in [0.717, 1.165) is 25.7 Å². The third kappa shape index (κ3) is 10.1. The number of amides is 1. The Labute approximate surface area is 110 Å². The van der Waals surface area contributed by atoms with Crippen LogP contribution in [0.1, 0.15) is 65.2 Å². The van der Waals surface area contributed by atoms with Crippen molar-refractivity contribution in [1.29, 1.82) is 0 Å². The first-order chi connectivity index (χ1) is 8.60. The van der Waals surface area contributed by atoms with Crippen LogP contribution >= 0.6 is 0 Å². The van der Waals surface area contributed by atoms with Crippen molar-refractivity contribution >= 4 is 11.9 Å². The number of esters is 1. The van der Waals surface area contributed by atoms with Gasteiger partial charge in [0.2, 0.25) is 5.91 Å². The molecule has 0 spiro atoms. The molecule has 1 unspecified atom stereocenters.